The molecule has 4 rings (SSSR count). The Labute approximate surface area is 162 Å². The Hall–Kier alpha value is -3.54. The number of ether oxygens (including phenoxy) is 3. The second kappa shape index (κ2) is 7.60. The lowest BCUT2D eigenvalue weighted by atomic mass is 10.1. The summed E-state index contributed by atoms with van der Waals surface area (Å²) < 4.78 is 16.4. The third kappa shape index (κ3) is 3.76. The Balaban J connectivity index is 1.36. The highest BCUT2D eigenvalue weighted by Crippen LogP contribution is 2.31. The van der Waals surface area contributed by atoms with Crippen LogP contribution in [0.1, 0.15) is 6.92 Å². The molecule has 3 aromatic rings. The number of anilines is 1. The molecule has 6 heteroatoms. The molecule has 0 spiro atoms. The van der Waals surface area contributed by atoms with Crippen molar-refractivity contribution in [2.45, 2.75) is 19.1 Å². The van der Waals surface area contributed by atoms with E-state index in [4.69, 9.17) is 14.2 Å². The van der Waals surface area contributed by atoms with Crippen LogP contribution in [0, 0.1) is 0 Å². The number of para-hydroxylation sites is 2. The molecule has 142 valence electrons. The van der Waals surface area contributed by atoms with Crippen molar-refractivity contribution >= 4 is 28.3 Å². The average molecular weight is 377 g/mol. The fraction of sp³-hybridized carbons (Fsp3) is 0.182. The lowest BCUT2D eigenvalue weighted by Crippen LogP contribution is -2.41. The van der Waals surface area contributed by atoms with E-state index in [0.717, 1.165) is 10.8 Å². The van der Waals surface area contributed by atoms with Crippen LogP contribution >= 0.6 is 0 Å². The number of amides is 1. The lowest BCUT2D eigenvalue weighted by molar-refractivity contribution is -0.162. The van der Waals surface area contributed by atoms with E-state index >= 15 is 0 Å². The molecule has 0 saturated heterocycles. The van der Waals surface area contributed by atoms with E-state index in [0.29, 0.717) is 17.2 Å². The number of rotatable bonds is 4. The number of hydrogen-bond acceptors (Lipinski definition) is 5. The first-order chi connectivity index (χ1) is 13.6. The van der Waals surface area contributed by atoms with Gasteiger partial charge < -0.3 is 19.5 Å². The second-order valence-corrected chi connectivity index (χ2v) is 6.49. The van der Waals surface area contributed by atoms with Crippen molar-refractivity contribution in [3.8, 4) is 11.5 Å². The zero-order valence-electron chi connectivity index (χ0n) is 15.3. The van der Waals surface area contributed by atoms with E-state index in [2.05, 4.69) is 5.32 Å². The normalized spacial score (nSPS) is 16.2. The molecule has 1 aliphatic rings. The molecule has 1 heterocycles. The number of benzene rings is 3. The first-order valence-corrected chi connectivity index (χ1v) is 8.99. The van der Waals surface area contributed by atoms with Crippen LogP contribution in [-0.4, -0.2) is 30.7 Å². The predicted octanol–water partition coefficient (Wildman–Crippen LogP) is 3.55. The summed E-state index contributed by atoms with van der Waals surface area (Å²) in [5.41, 5.74) is 0.637. The van der Waals surface area contributed by atoms with Crippen molar-refractivity contribution in [3.63, 3.8) is 0 Å². The van der Waals surface area contributed by atoms with Gasteiger partial charge in [0.1, 0.15) is 6.61 Å². The monoisotopic (exact) mass is 377 g/mol. The maximum Gasteiger partial charge on any atom is 0.351 e. The Kier molecular flexibility index (Phi) is 4.85. The molecule has 1 aliphatic heterocycles. The van der Waals surface area contributed by atoms with Gasteiger partial charge in [-0.3, -0.25) is 4.79 Å². The Morgan fingerprint density at radius 3 is 2.54 bits per heavy atom. The van der Waals surface area contributed by atoms with Crippen LogP contribution in [0.3, 0.4) is 0 Å². The third-order valence-corrected chi connectivity index (χ3v) is 4.45. The van der Waals surface area contributed by atoms with Crippen LogP contribution in [0.2, 0.25) is 0 Å². The molecule has 0 fully saturated rings. The van der Waals surface area contributed by atoms with Gasteiger partial charge in [-0.1, -0.05) is 42.5 Å². The van der Waals surface area contributed by atoms with E-state index in [1.54, 1.807) is 18.2 Å². The first-order valence-electron chi connectivity index (χ1n) is 8.99. The zero-order chi connectivity index (χ0) is 19.5. The summed E-state index contributed by atoms with van der Waals surface area (Å²) in [5, 5.41) is 4.86. The predicted molar refractivity (Wildman–Crippen MR) is 104 cm³/mol. The van der Waals surface area contributed by atoms with Crippen LogP contribution < -0.4 is 14.8 Å². The van der Waals surface area contributed by atoms with E-state index in [-0.39, 0.29) is 6.61 Å². The summed E-state index contributed by atoms with van der Waals surface area (Å²) >= 11 is 0. The molecule has 28 heavy (non-hydrogen) atoms. The van der Waals surface area contributed by atoms with Gasteiger partial charge in [0.25, 0.3) is 5.91 Å². The van der Waals surface area contributed by atoms with Crippen molar-refractivity contribution in [2.75, 3.05) is 11.9 Å². The Bertz CT molecular complexity index is 1030. The molecular weight excluding hydrogens is 358 g/mol. The van der Waals surface area contributed by atoms with Crippen LogP contribution in [0.15, 0.2) is 66.7 Å². The standard InChI is InChI=1S/C22H19NO5/c1-14(21(24)23-17-11-10-15-6-2-3-7-16(15)12-17)27-22(25)20-13-26-18-8-4-5-9-19(18)28-20/h2-12,14,20H,13H2,1H3,(H,23,24)/t14-,20-/m1/s1. The van der Waals surface area contributed by atoms with Crippen molar-refractivity contribution in [3.05, 3.63) is 66.7 Å². The lowest BCUT2D eigenvalue weighted by Gasteiger charge is -2.25. The molecule has 0 unspecified atom stereocenters. The fourth-order valence-corrected chi connectivity index (χ4v) is 2.95. The summed E-state index contributed by atoms with van der Waals surface area (Å²) in [5.74, 6) is -0.00552. The molecule has 0 aromatic heterocycles. The van der Waals surface area contributed by atoms with Gasteiger partial charge in [-0.15, -0.1) is 0 Å². The van der Waals surface area contributed by atoms with Gasteiger partial charge in [0.05, 0.1) is 0 Å². The molecule has 0 radical (unpaired) electrons. The first kappa shape index (κ1) is 17.9. The molecule has 0 saturated carbocycles. The minimum absolute atomic E-state index is 0.0366. The number of hydrogen-bond donors (Lipinski definition) is 1. The highest BCUT2D eigenvalue weighted by Gasteiger charge is 2.31. The zero-order valence-corrected chi connectivity index (χ0v) is 15.3. The van der Waals surface area contributed by atoms with Crippen LogP contribution in [0.4, 0.5) is 5.69 Å². The Morgan fingerprint density at radius 1 is 1.00 bits per heavy atom. The smallest absolute Gasteiger partial charge is 0.351 e. The number of carbonyl (C=O) groups is 2. The van der Waals surface area contributed by atoms with Gasteiger partial charge >= 0.3 is 5.97 Å². The summed E-state index contributed by atoms with van der Waals surface area (Å²) in [6, 6.07) is 20.5. The highest BCUT2D eigenvalue weighted by molar-refractivity contribution is 5.97. The molecule has 1 N–H and O–H groups in total. The van der Waals surface area contributed by atoms with Crippen molar-refractivity contribution < 1.29 is 23.8 Å². The second-order valence-electron chi connectivity index (χ2n) is 6.49. The quantitative estimate of drug-likeness (QED) is 0.704. The molecule has 6 nitrogen and oxygen atoms in total. The van der Waals surface area contributed by atoms with E-state index in [1.165, 1.54) is 6.92 Å². The van der Waals surface area contributed by atoms with E-state index in [1.807, 2.05) is 48.5 Å². The maximum absolute atomic E-state index is 12.4. The largest absolute Gasteiger partial charge is 0.485 e. The molecule has 0 bridgehead atoms. The highest BCUT2D eigenvalue weighted by atomic mass is 16.6. The van der Waals surface area contributed by atoms with Crippen LogP contribution in [0.25, 0.3) is 10.8 Å². The van der Waals surface area contributed by atoms with Gasteiger partial charge in [0.2, 0.25) is 6.10 Å². The van der Waals surface area contributed by atoms with E-state index in [9.17, 15) is 9.59 Å². The summed E-state index contributed by atoms with van der Waals surface area (Å²) in [4.78, 5) is 24.7. The SMILES string of the molecule is C[C@@H](OC(=O)[C@H]1COc2ccccc2O1)C(=O)Nc1ccc2ccccc2c1. The summed E-state index contributed by atoms with van der Waals surface area (Å²) in [6.45, 7) is 1.56. The minimum atomic E-state index is -0.972. The van der Waals surface area contributed by atoms with Crippen molar-refractivity contribution in [1.29, 1.82) is 0 Å². The maximum atomic E-state index is 12.4. The summed E-state index contributed by atoms with van der Waals surface area (Å²) in [6.07, 6.45) is -1.88. The number of esters is 1. The van der Waals surface area contributed by atoms with Gasteiger partial charge in [0.15, 0.2) is 17.6 Å². The van der Waals surface area contributed by atoms with Crippen LogP contribution in [0.5, 0.6) is 11.5 Å². The number of fused-ring (bicyclic) bond motifs is 2. The van der Waals surface area contributed by atoms with Crippen molar-refractivity contribution in [2.24, 2.45) is 0 Å². The molecule has 0 aliphatic carbocycles. The molecule has 3 aromatic carbocycles. The number of nitrogens with one attached hydrogen (secondary N) is 1. The fourth-order valence-electron chi connectivity index (χ4n) is 2.95. The van der Waals surface area contributed by atoms with Crippen molar-refractivity contribution in [1.82, 2.24) is 0 Å². The Morgan fingerprint density at radius 2 is 1.71 bits per heavy atom. The third-order valence-electron chi connectivity index (χ3n) is 4.45. The average Bonchev–Trinajstić information content (AvgIpc) is 2.73. The summed E-state index contributed by atoms with van der Waals surface area (Å²) in [7, 11) is 0. The van der Waals surface area contributed by atoms with Crippen LogP contribution in [-0.2, 0) is 14.3 Å². The topological polar surface area (TPSA) is 73.9 Å². The molecular formula is C22H19NO5. The minimum Gasteiger partial charge on any atom is -0.485 e. The van der Waals surface area contributed by atoms with Gasteiger partial charge in [-0.25, -0.2) is 4.79 Å². The molecule has 2 atom stereocenters. The van der Waals surface area contributed by atoms with E-state index < -0.39 is 24.1 Å². The van der Waals surface area contributed by atoms with Gasteiger partial charge in [-0.2, -0.15) is 0 Å². The molecule has 1 amide bonds. The van der Waals surface area contributed by atoms with Gasteiger partial charge in [-0.05, 0) is 42.0 Å². The van der Waals surface area contributed by atoms with Gasteiger partial charge in [0, 0.05) is 5.69 Å². The number of carbonyl (C=O) groups excluding carboxylic acids is 2.